The number of unbranched alkanes of at least 4 members (excludes halogenated alkanes) is 9. The fourth-order valence-electron chi connectivity index (χ4n) is 6.71. The van der Waals surface area contributed by atoms with Gasteiger partial charge in [-0.15, -0.1) is 0 Å². The number of fused-ring (bicyclic) bond motifs is 1. The number of nitrogens with one attached hydrogen (secondary N) is 1. The highest BCUT2D eigenvalue weighted by molar-refractivity contribution is 6.73. The first-order valence-electron chi connectivity index (χ1n) is 17.6. The minimum absolute atomic E-state index is 0.0805. The van der Waals surface area contributed by atoms with Crippen molar-refractivity contribution in [1.29, 1.82) is 0 Å². The lowest BCUT2D eigenvalue weighted by Crippen LogP contribution is -2.65. The van der Waals surface area contributed by atoms with Crippen LogP contribution < -0.4 is 5.32 Å². The smallest absolute Gasteiger partial charge is 0.407 e. The molecule has 1 N–H and O–H groups in total. The number of ketones is 1. The van der Waals surface area contributed by atoms with Crippen LogP contribution in [0.25, 0.3) is 0 Å². The lowest BCUT2D eigenvalue weighted by molar-refractivity contribution is -0.132. The molecule has 2 aliphatic rings. The van der Waals surface area contributed by atoms with E-state index >= 15 is 0 Å². The minimum atomic E-state index is -2.57. The maximum Gasteiger partial charge on any atom is 0.407 e. The third-order valence-corrected chi connectivity index (χ3v) is 13.9. The van der Waals surface area contributed by atoms with Gasteiger partial charge in [-0.05, 0) is 33.6 Å². The number of ether oxygens (including phenoxy) is 2. The first-order chi connectivity index (χ1) is 20.5. The van der Waals surface area contributed by atoms with E-state index in [9.17, 15) is 9.59 Å². The number of hydrogen-bond donors (Lipinski definition) is 1. The second kappa shape index (κ2) is 17.6. The van der Waals surface area contributed by atoms with E-state index in [2.05, 4.69) is 59.9 Å². The summed E-state index contributed by atoms with van der Waals surface area (Å²) in [5.41, 5.74) is -0.557. The molecule has 1 amide bonds. The first-order valence-corrected chi connectivity index (χ1v) is 19.5. The Bertz CT molecular complexity index is 886. The monoisotopic (exact) mass is 637 g/mol. The topological polar surface area (TPSA) is 83.1 Å². The molecule has 0 bridgehead atoms. The van der Waals surface area contributed by atoms with E-state index in [1.54, 1.807) is 0 Å². The van der Waals surface area contributed by atoms with Crippen LogP contribution >= 0.6 is 0 Å². The molecular formula is C36H67NO6Si. The van der Waals surface area contributed by atoms with Crippen LogP contribution in [0.2, 0.25) is 10.1 Å². The van der Waals surface area contributed by atoms with E-state index < -0.39 is 20.3 Å². The largest absolute Gasteiger partial charge is 0.444 e. The van der Waals surface area contributed by atoms with Crippen LogP contribution in [-0.2, 0) is 23.1 Å². The Morgan fingerprint density at radius 1 is 0.841 bits per heavy atom. The van der Waals surface area contributed by atoms with Crippen molar-refractivity contribution in [3.63, 3.8) is 0 Å². The van der Waals surface area contributed by atoms with Crippen LogP contribution in [-0.4, -0.2) is 57.0 Å². The van der Waals surface area contributed by atoms with E-state index in [0.717, 1.165) is 19.3 Å². The number of alkyl carbamates (subject to hydrolysis) is 1. The highest BCUT2D eigenvalue weighted by atomic mass is 28.4. The Labute approximate surface area is 271 Å². The maximum atomic E-state index is 13.1. The summed E-state index contributed by atoms with van der Waals surface area (Å²) in [4.78, 5) is 25.6. The van der Waals surface area contributed by atoms with Gasteiger partial charge in [0.2, 0.25) is 0 Å². The van der Waals surface area contributed by atoms with Crippen LogP contribution in [0.5, 0.6) is 0 Å². The molecule has 4 atom stereocenters. The molecule has 1 unspecified atom stereocenters. The van der Waals surface area contributed by atoms with Crippen LogP contribution in [0.15, 0.2) is 12.2 Å². The summed E-state index contributed by atoms with van der Waals surface area (Å²) in [7, 11) is -2.57. The van der Waals surface area contributed by atoms with Gasteiger partial charge in [-0.2, -0.15) is 0 Å². The quantitative estimate of drug-likeness (QED) is 0.0971. The molecule has 0 aliphatic carbocycles. The third-order valence-electron chi connectivity index (χ3n) is 8.79. The second-order valence-electron chi connectivity index (χ2n) is 16.2. The predicted octanol–water partition coefficient (Wildman–Crippen LogP) is 9.71. The summed E-state index contributed by atoms with van der Waals surface area (Å²) in [6.07, 6.45) is 17.9. The molecule has 7 nitrogen and oxygen atoms in total. The summed E-state index contributed by atoms with van der Waals surface area (Å²) in [5, 5.41) is 2.87. The molecule has 8 heteroatoms. The Hall–Kier alpha value is -1.22. The van der Waals surface area contributed by atoms with Crippen molar-refractivity contribution in [3.05, 3.63) is 12.2 Å². The van der Waals surface area contributed by atoms with Gasteiger partial charge in [-0.3, -0.25) is 4.79 Å². The van der Waals surface area contributed by atoms with Gasteiger partial charge in [-0.1, -0.05) is 125 Å². The number of carbonyl (C=O) groups is 2. The molecule has 1 fully saturated rings. The molecule has 0 aromatic heterocycles. The maximum absolute atomic E-state index is 13.1. The standard InChI is InChI=1S/C36H67NO6Si/c1-11-12-13-14-15-16-17-18-19-20-21-28(37-33(39)42-34(2,3)4)22-23-29(38)26-30-24-25-31-32(41-30)27-40-44(43-31,35(5,6)7)36(8,9)10/h24-25,28,30-32H,11-23,26-27H2,1-10H3,(H,37,39)/t28?,30-,31+,32-/m1/s1. The lowest BCUT2D eigenvalue weighted by Gasteiger charge is -2.55. The molecule has 0 spiro atoms. The Kier molecular flexibility index (Phi) is 15.6. The predicted molar refractivity (Wildman–Crippen MR) is 182 cm³/mol. The average molecular weight is 638 g/mol. The number of rotatable bonds is 17. The van der Waals surface area contributed by atoms with E-state index in [-0.39, 0.29) is 40.2 Å². The summed E-state index contributed by atoms with van der Waals surface area (Å²) in [5.74, 6) is 0.142. The molecule has 44 heavy (non-hydrogen) atoms. The van der Waals surface area contributed by atoms with Crippen molar-refractivity contribution in [2.75, 3.05) is 6.61 Å². The van der Waals surface area contributed by atoms with Crippen molar-refractivity contribution in [2.24, 2.45) is 0 Å². The van der Waals surface area contributed by atoms with E-state index in [1.165, 1.54) is 51.4 Å². The van der Waals surface area contributed by atoms with Crippen molar-refractivity contribution < 1.29 is 27.9 Å². The number of amides is 1. The van der Waals surface area contributed by atoms with Crippen LogP contribution in [0, 0.1) is 0 Å². The molecule has 0 radical (unpaired) electrons. The van der Waals surface area contributed by atoms with Gasteiger partial charge in [0.25, 0.3) is 0 Å². The molecule has 2 rings (SSSR count). The van der Waals surface area contributed by atoms with Gasteiger partial charge in [0.1, 0.15) is 17.5 Å². The van der Waals surface area contributed by atoms with Crippen LogP contribution in [0.3, 0.4) is 0 Å². The zero-order chi connectivity index (χ0) is 33.0. The van der Waals surface area contributed by atoms with Gasteiger partial charge in [0.15, 0.2) is 0 Å². The highest BCUT2D eigenvalue weighted by Gasteiger charge is 2.62. The van der Waals surface area contributed by atoms with E-state index in [0.29, 0.717) is 25.9 Å². The van der Waals surface area contributed by atoms with E-state index in [4.69, 9.17) is 18.3 Å². The van der Waals surface area contributed by atoms with Crippen molar-refractivity contribution >= 4 is 20.4 Å². The van der Waals surface area contributed by atoms with Gasteiger partial charge in [0.05, 0.1) is 18.8 Å². The normalized spacial score (nSPS) is 22.7. The van der Waals surface area contributed by atoms with Gasteiger partial charge in [-0.25, -0.2) is 4.79 Å². The van der Waals surface area contributed by atoms with Crippen molar-refractivity contribution in [2.45, 2.75) is 199 Å². The number of carbonyl (C=O) groups excluding carboxylic acids is 2. The SMILES string of the molecule is CCCCCCCCCCCCC(CCC(=O)C[C@H]1C=C[C@@H]2O[Si](C(C)(C)C)(C(C)(C)C)OC[C@H]2O1)NC(=O)OC(C)(C)C. The van der Waals surface area contributed by atoms with Crippen molar-refractivity contribution in [1.82, 2.24) is 5.32 Å². The van der Waals surface area contributed by atoms with Crippen LogP contribution in [0.1, 0.15) is 159 Å². The number of hydrogen-bond acceptors (Lipinski definition) is 6. The first kappa shape index (κ1) is 39.0. The molecule has 2 aliphatic heterocycles. The Morgan fingerprint density at radius 3 is 1.95 bits per heavy atom. The van der Waals surface area contributed by atoms with Gasteiger partial charge < -0.3 is 23.6 Å². The van der Waals surface area contributed by atoms with Gasteiger partial charge >= 0.3 is 14.7 Å². The molecule has 0 aromatic rings. The summed E-state index contributed by atoms with van der Waals surface area (Å²) in [6.45, 7) is 21.6. The molecule has 256 valence electrons. The summed E-state index contributed by atoms with van der Waals surface area (Å²) < 4.78 is 25.2. The second-order valence-corrected chi connectivity index (χ2v) is 21.0. The Morgan fingerprint density at radius 2 is 1.41 bits per heavy atom. The zero-order valence-electron chi connectivity index (χ0n) is 30.0. The third kappa shape index (κ3) is 12.9. The molecule has 2 heterocycles. The summed E-state index contributed by atoms with van der Waals surface area (Å²) in [6, 6.07) is -0.0805. The molecular weight excluding hydrogens is 570 g/mol. The van der Waals surface area contributed by atoms with Gasteiger partial charge in [0, 0.05) is 29.0 Å². The molecule has 1 saturated heterocycles. The Balaban J connectivity index is 1.85. The molecule has 0 saturated carbocycles. The van der Waals surface area contributed by atoms with E-state index in [1.807, 2.05) is 26.8 Å². The summed E-state index contributed by atoms with van der Waals surface area (Å²) >= 11 is 0. The lowest BCUT2D eigenvalue weighted by atomic mass is 9.98. The fourth-order valence-corrected chi connectivity index (χ4v) is 11.6. The fraction of sp³-hybridized carbons (Fsp3) is 0.889. The zero-order valence-corrected chi connectivity index (χ0v) is 31.0. The number of Topliss-reactive ketones (excluding diaryl/α,β-unsaturated/α-hetero) is 1. The molecule has 0 aromatic carbocycles. The average Bonchev–Trinajstić information content (AvgIpc) is 2.90. The van der Waals surface area contributed by atoms with Crippen LogP contribution in [0.4, 0.5) is 4.79 Å². The highest BCUT2D eigenvalue weighted by Crippen LogP contribution is 2.54. The van der Waals surface area contributed by atoms with Crippen molar-refractivity contribution in [3.8, 4) is 0 Å². The minimum Gasteiger partial charge on any atom is -0.444 e.